The normalized spacial score (nSPS) is 12.0. The van der Waals surface area contributed by atoms with E-state index in [0.717, 1.165) is 18.2 Å². The third-order valence-electron chi connectivity index (χ3n) is 6.40. The molecule has 3 N–H and O–H groups in total. The maximum atomic E-state index is 13.2. The summed E-state index contributed by atoms with van der Waals surface area (Å²) in [5.41, 5.74) is -0.761. The van der Waals surface area contributed by atoms with Gasteiger partial charge >= 0.3 is 6.18 Å². The predicted molar refractivity (Wildman–Crippen MR) is 160 cm³/mol. The van der Waals surface area contributed by atoms with E-state index in [1.54, 1.807) is 40.0 Å². The predicted octanol–water partition coefficient (Wildman–Crippen LogP) is 7.60. The van der Waals surface area contributed by atoms with Gasteiger partial charge in [0, 0.05) is 25.1 Å². The van der Waals surface area contributed by atoms with Gasteiger partial charge in [-0.2, -0.15) is 13.2 Å². The van der Waals surface area contributed by atoms with E-state index in [4.69, 9.17) is 27.9 Å². The molecule has 0 saturated heterocycles. The molecule has 0 radical (unpaired) electrons. The van der Waals surface area contributed by atoms with Crippen LogP contribution in [0.5, 0.6) is 5.75 Å². The zero-order chi connectivity index (χ0) is 33.3. The summed E-state index contributed by atoms with van der Waals surface area (Å²) in [6.45, 7) is 4.37. The minimum atomic E-state index is -4.76. The van der Waals surface area contributed by atoms with Crippen molar-refractivity contribution in [2.24, 2.45) is 12.5 Å². The lowest BCUT2D eigenvalue weighted by atomic mass is 9.95. The second-order valence-electron chi connectivity index (χ2n) is 10.8. The Hall–Kier alpha value is -4.17. The van der Waals surface area contributed by atoms with Crippen LogP contribution in [0.3, 0.4) is 0 Å². The summed E-state index contributed by atoms with van der Waals surface area (Å²) >= 11 is 13.1. The standard InChI is InChI=1S/C29H27Cl2F5N6O3/c1-28(2,3)26(44)37-12-14-8-9-16(30)24(23(14)31)41-27-38-17-10-15(19(45-13-21(32)33)11-18(17)42(27)4)25(43)40-22-7-5-6-20(39-22)29(34,35)36/h5-11,21H,12-13H2,1-4H3,(H,37,44)(H,38,41)(H,39,40,43). The van der Waals surface area contributed by atoms with Gasteiger partial charge in [-0.15, -0.1) is 0 Å². The van der Waals surface area contributed by atoms with Crippen LogP contribution in [0.2, 0.25) is 10.0 Å². The Labute approximate surface area is 264 Å². The first-order valence-electron chi connectivity index (χ1n) is 13.2. The fourth-order valence-corrected chi connectivity index (χ4v) is 4.56. The molecule has 0 fully saturated rings. The lowest BCUT2D eigenvalue weighted by Crippen LogP contribution is -2.34. The molecule has 2 heterocycles. The lowest BCUT2D eigenvalue weighted by Gasteiger charge is -2.19. The number of nitrogens with one attached hydrogen (secondary N) is 3. The molecule has 4 aromatic rings. The highest BCUT2D eigenvalue weighted by molar-refractivity contribution is 6.39. The van der Waals surface area contributed by atoms with E-state index in [1.165, 1.54) is 16.7 Å². The SMILES string of the molecule is Cn1c(Nc2c(Cl)ccc(CNC(=O)C(C)(C)C)c2Cl)nc2cc(C(=O)Nc3cccc(C(F)(F)F)n3)c(OCC(F)F)cc21. The van der Waals surface area contributed by atoms with Crippen LogP contribution in [0.25, 0.3) is 11.0 Å². The zero-order valence-electron chi connectivity index (χ0n) is 24.2. The number of benzene rings is 2. The van der Waals surface area contributed by atoms with E-state index in [2.05, 4.69) is 25.9 Å². The first kappa shape index (κ1) is 33.7. The Balaban J connectivity index is 1.69. The van der Waals surface area contributed by atoms with Gasteiger partial charge in [0.2, 0.25) is 11.9 Å². The van der Waals surface area contributed by atoms with Crippen LogP contribution in [0.4, 0.5) is 39.4 Å². The second-order valence-corrected chi connectivity index (χ2v) is 11.6. The minimum Gasteiger partial charge on any atom is -0.487 e. The Morgan fingerprint density at radius 3 is 2.40 bits per heavy atom. The molecule has 0 aliphatic carbocycles. The molecular weight excluding hydrogens is 646 g/mol. The van der Waals surface area contributed by atoms with Crippen molar-refractivity contribution in [2.75, 3.05) is 17.2 Å². The number of fused-ring (bicyclic) bond motifs is 1. The quantitative estimate of drug-likeness (QED) is 0.158. The number of nitrogens with zero attached hydrogens (tertiary/aromatic N) is 3. The molecule has 45 heavy (non-hydrogen) atoms. The van der Waals surface area contributed by atoms with Crippen molar-refractivity contribution in [3.8, 4) is 5.75 Å². The van der Waals surface area contributed by atoms with Crippen LogP contribution in [0.1, 0.15) is 42.4 Å². The Bertz CT molecular complexity index is 1760. The highest BCUT2D eigenvalue weighted by Crippen LogP contribution is 2.37. The third kappa shape index (κ3) is 7.92. The largest absolute Gasteiger partial charge is 0.487 e. The van der Waals surface area contributed by atoms with E-state index < -0.39 is 42.0 Å². The van der Waals surface area contributed by atoms with Gasteiger partial charge in [-0.05, 0) is 29.8 Å². The van der Waals surface area contributed by atoms with Gasteiger partial charge in [0.05, 0.1) is 32.3 Å². The molecule has 0 saturated carbocycles. The van der Waals surface area contributed by atoms with Crippen molar-refractivity contribution in [1.82, 2.24) is 19.9 Å². The fraction of sp³-hybridized carbons (Fsp3) is 0.310. The number of hydrogen-bond acceptors (Lipinski definition) is 6. The van der Waals surface area contributed by atoms with Crippen LogP contribution in [0.15, 0.2) is 42.5 Å². The van der Waals surface area contributed by atoms with Gasteiger partial charge in [-0.1, -0.05) is 56.1 Å². The van der Waals surface area contributed by atoms with Gasteiger partial charge in [0.1, 0.15) is 23.9 Å². The van der Waals surface area contributed by atoms with Gasteiger partial charge < -0.3 is 25.3 Å². The van der Waals surface area contributed by atoms with Gasteiger partial charge in [-0.25, -0.2) is 18.7 Å². The zero-order valence-corrected chi connectivity index (χ0v) is 25.8. The van der Waals surface area contributed by atoms with E-state index in [1.807, 2.05) is 0 Å². The van der Waals surface area contributed by atoms with Crippen molar-refractivity contribution >= 4 is 63.5 Å². The summed E-state index contributed by atoms with van der Waals surface area (Å²) in [6.07, 6.45) is -7.64. The molecule has 16 heteroatoms. The smallest absolute Gasteiger partial charge is 0.433 e. The molecule has 0 aliphatic heterocycles. The first-order chi connectivity index (χ1) is 21.0. The topological polar surface area (TPSA) is 110 Å². The molecular formula is C29H27Cl2F5N6O3. The number of carbonyl (C=O) groups excluding carboxylic acids is 2. The number of aryl methyl sites for hydroxylation is 1. The van der Waals surface area contributed by atoms with E-state index in [-0.39, 0.29) is 51.0 Å². The fourth-order valence-electron chi connectivity index (χ4n) is 4.03. The highest BCUT2D eigenvalue weighted by Gasteiger charge is 2.32. The molecule has 0 unspecified atom stereocenters. The van der Waals surface area contributed by atoms with Crippen LogP contribution < -0.4 is 20.7 Å². The maximum Gasteiger partial charge on any atom is 0.433 e. The molecule has 2 amide bonds. The van der Waals surface area contributed by atoms with Crippen LogP contribution in [-0.4, -0.2) is 39.4 Å². The molecule has 0 aliphatic rings. The summed E-state index contributed by atoms with van der Waals surface area (Å²) in [5, 5.41) is 8.52. The van der Waals surface area contributed by atoms with Gasteiger partial charge in [0.15, 0.2) is 0 Å². The van der Waals surface area contributed by atoms with E-state index in [9.17, 15) is 31.5 Å². The Morgan fingerprint density at radius 2 is 1.76 bits per heavy atom. The minimum absolute atomic E-state index is 0.118. The first-order valence-corrected chi connectivity index (χ1v) is 14.0. The average molecular weight is 673 g/mol. The summed E-state index contributed by atoms with van der Waals surface area (Å²) in [5.74, 6) is -1.66. The van der Waals surface area contributed by atoms with Crippen molar-refractivity contribution in [3.63, 3.8) is 0 Å². The highest BCUT2D eigenvalue weighted by atomic mass is 35.5. The van der Waals surface area contributed by atoms with Crippen LogP contribution in [0, 0.1) is 5.41 Å². The Kier molecular flexibility index (Phi) is 9.78. The number of anilines is 3. The van der Waals surface area contributed by atoms with Crippen LogP contribution in [-0.2, 0) is 24.6 Å². The molecule has 2 aromatic carbocycles. The summed E-state index contributed by atoms with van der Waals surface area (Å²) in [4.78, 5) is 33.4. The molecule has 9 nitrogen and oxygen atoms in total. The summed E-state index contributed by atoms with van der Waals surface area (Å²) < 4.78 is 72.1. The summed E-state index contributed by atoms with van der Waals surface area (Å²) in [6, 6.07) is 8.71. The number of imidazole rings is 1. The van der Waals surface area contributed by atoms with Crippen LogP contribution >= 0.6 is 23.2 Å². The second kappa shape index (κ2) is 13.1. The molecule has 2 aromatic heterocycles. The molecule has 4 rings (SSSR count). The molecule has 0 spiro atoms. The van der Waals surface area contributed by atoms with Crippen molar-refractivity contribution in [1.29, 1.82) is 0 Å². The van der Waals surface area contributed by atoms with Gasteiger partial charge in [0.25, 0.3) is 12.3 Å². The molecule has 240 valence electrons. The number of amides is 2. The monoisotopic (exact) mass is 672 g/mol. The Morgan fingerprint density at radius 1 is 1.04 bits per heavy atom. The number of ether oxygens (including phenoxy) is 1. The number of rotatable bonds is 9. The number of pyridine rings is 1. The van der Waals surface area contributed by atoms with Gasteiger partial charge in [-0.3, -0.25) is 9.59 Å². The van der Waals surface area contributed by atoms with Crippen molar-refractivity contribution in [3.05, 3.63) is 69.3 Å². The average Bonchev–Trinajstić information content (AvgIpc) is 3.25. The van der Waals surface area contributed by atoms with E-state index in [0.29, 0.717) is 11.1 Å². The number of halogens is 7. The number of aromatic nitrogens is 3. The third-order valence-corrected chi connectivity index (χ3v) is 7.15. The van der Waals surface area contributed by atoms with E-state index >= 15 is 0 Å². The number of alkyl halides is 5. The molecule has 0 bridgehead atoms. The maximum absolute atomic E-state index is 13.2. The van der Waals surface area contributed by atoms with Crippen molar-refractivity contribution < 1.29 is 36.3 Å². The molecule has 0 atom stereocenters. The number of carbonyl (C=O) groups is 2. The number of hydrogen-bond donors (Lipinski definition) is 3. The lowest BCUT2D eigenvalue weighted by molar-refractivity contribution is -0.141. The van der Waals surface area contributed by atoms with Crippen molar-refractivity contribution in [2.45, 2.75) is 39.9 Å². The summed E-state index contributed by atoms with van der Waals surface area (Å²) in [7, 11) is 1.59.